The first-order valence-corrected chi connectivity index (χ1v) is 8.14. The van der Waals surface area contributed by atoms with Gasteiger partial charge in [0.05, 0.1) is 22.2 Å². The third-order valence-electron chi connectivity index (χ3n) is 3.64. The largest absolute Gasteiger partial charge is 0.332 e. The Hall–Kier alpha value is -2.55. The summed E-state index contributed by atoms with van der Waals surface area (Å²) in [5.41, 5.74) is 0.213. The van der Waals surface area contributed by atoms with Crippen molar-refractivity contribution in [2.45, 2.75) is 10.9 Å². The van der Waals surface area contributed by atoms with Crippen LogP contribution in [0.2, 0.25) is 0 Å². The molecule has 0 bridgehead atoms. The van der Waals surface area contributed by atoms with Gasteiger partial charge in [0.15, 0.2) is 11.2 Å². The maximum absolute atomic E-state index is 12.6. The Morgan fingerprint density at radius 1 is 1.09 bits per heavy atom. The van der Waals surface area contributed by atoms with E-state index in [1.165, 1.54) is 23.2 Å². The van der Waals surface area contributed by atoms with E-state index in [-0.39, 0.29) is 22.1 Å². The Morgan fingerprint density at radius 3 is 2.48 bits per heavy atom. The Balaban J connectivity index is 2.17. The zero-order valence-corrected chi connectivity index (χ0v) is 13.7. The number of rotatable bonds is 3. The van der Waals surface area contributed by atoms with Gasteiger partial charge in [-0.05, 0) is 12.1 Å². The van der Waals surface area contributed by atoms with E-state index in [4.69, 9.17) is 0 Å². The van der Waals surface area contributed by atoms with Crippen LogP contribution in [0.25, 0.3) is 11.2 Å². The van der Waals surface area contributed by atoms with Gasteiger partial charge >= 0.3 is 5.69 Å². The molecule has 0 fully saturated rings. The van der Waals surface area contributed by atoms with E-state index in [0.717, 1.165) is 4.57 Å². The normalized spacial score (nSPS) is 12.7. The minimum absolute atomic E-state index is 0.187. The highest BCUT2D eigenvalue weighted by molar-refractivity contribution is 7.84. The number of hydrogen-bond donors (Lipinski definition) is 0. The van der Waals surface area contributed by atoms with Crippen LogP contribution in [0.5, 0.6) is 0 Å². The zero-order valence-electron chi connectivity index (χ0n) is 12.9. The van der Waals surface area contributed by atoms with E-state index in [9.17, 15) is 13.8 Å². The molecule has 1 atom stereocenters. The lowest BCUT2D eigenvalue weighted by molar-refractivity contribution is 0.666. The first-order chi connectivity index (χ1) is 10.9. The van der Waals surface area contributed by atoms with Gasteiger partial charge in [-0.25, -0.2) is 9.78 Å². The second kappa shape index (κ2) is 5.58. The molecule has 0 amide bonds. The maximum atomic E-state index is 12.6. The van der Waals surface area contributed by atoms with Gasteiger partial charge in [-0.1, -0.05) is 6.07 Å². The second-order valence-corrected chi connectivity index (χ2v) is 6.49. The summed E-state index contributed by atoms with van der Waals surface area (Å²) in [5, 5.41) is 0.240. The molecule has 9 heteroatoms. The molecule has 3 aromatic rings. The van der Waals surface area contributed by atoms with Gasteiger partial charge < -0.3 is 4.57 Å². The monoisotopic (exact) mass is 333 g/mol. The summed E-state index contributed by atoms with van der Waals surface area (Å²) in [6.45, 7) is 0. The topological polar surface area (TPSA) is 91.8 Å². The number of aryl methyl sites for hydroxylation is 2. The van der Waals surface area contributed by atoms with Crippen molar-refractivity contribution < 1.29 is 4.21 Å². The molecule has 0 saturated heterocycles. The van der Waals surface area contributed by atoms with Crippen LogP contribution in [0.3, 0.4) is 0 Å². The van der Waals surface area contributed by atoms with Gasteiger partial charge in [0.2, 0.25) is 5.16 Å². The Kier molecular flexibility index (Phi) is 3.72. The lowest BCUT2D eigenvalue weighted by atomic mass is 10.4. The molecule has 23 heavy (non-hydrogen) atoms. The van der Waals surface area contributed by atoms with E-state index in [2.05, 4.69) is 9.97 Å². The van der Waals surface area contributed by atoms with Crippen LogP contribution in [0, 0.1) is 0 Å². The average Bonchev–Trinajstić information content (AvgIpc) is 2.89. The highest BCUT2D eigenvalue weighted by Gasteiger charge is 2.20. The molecule has 0 unspecified atom stereocenters. The first-order valence-electron chi connectivity index (χ1n) is 6.82. The van der Waals surface area contributed by atoms with Crippen molar-refractivity contribution in [3.05, 3.63) is 50.9 Å². The average molecular weight is 333 g/mol. The van der Waals surface area contributed by atoms with E-state index in [1.807, 2.05) is 6.07 Å². The third kappa shape index (κ3) is 2.42. The van der Waals surface area contributed by atoms with E-state index < -0.39 is 22.0 Å². The molecular weight excluding hydrogens is 318 g/mol. The third-order valence-corrected chi connectivity index (χ3v) is 4.97. The zero-order chi connectivity index (χ0) is 16.7. The van der Waals surface area contributed by atoms with Crippen molar-refractivity contribution >= 4 is 22.0 Å². The molecule has 0 N–H and O–H groups in total. The van der Waals surface area contributed by atoms with Gasteiger partial charge in [-0.15, -0.1) is 0 Å². The Bertz CT molecular complexity index is 1030. The van der Waals surface area contributed by atoms with Crippen LogP contribution in [0.15, 0.2) is 39.1 Å². The van der Waals surface area contributed by atoms with Crippen molar-refractivity contribution in [2.75, 3.05) is 0 Å². The van der Waals surface area contributed by atoms with Crippen LogP contribution in [0.4, 0.5) is 0 Å². The highest BCUT2D eigenvalue weighted by atomic mass is 32.2. The summed E-state index contributed by atoms with van der Waals surface area (Å²) in [5.74, 6) is 0.187. The minimum Gasteiger partial charge on any atom is -0.314 e. The SMILES string of the molecule is Cn1c(=O)c2c(nc([S@](=O)Cc3ccccn3)n2C)n(C)c1=O. The second-order valence-electron chi connectivity index (χ2n) is 5.14. The smallest absolute Gasteiger partial charge is 0.314 e. The van der Waals surface area contributed by atoms with E-state index >= 15 is 0 Å². The fourth-order valence-corrected chi connectivity index (χ4v) is 3.54. The fourth-order valence-electron chi connectivity index (χ4n) is 2.38. The van der Waals surface area contributed by atoms with Crippen molar-refractivity contribution in [2.24, 2.45) is 21.1 Å². The number of hydrogen-bond acceptors (Lipinski definition) is 5. The molecule has 0 aliphatic heterocycles. The summed E-state index contributed by atoms with van der Waals surface area (Å²) in [6, 6.07) is 5.37. The van der Waals surface area contributed by atoms with Gasteiger partial charge in [-0.2, -0.15) is 0 Å². The van der Waals surface area contributed by atoms with Crippen LogP contribution in [0.1, 0.15) is 5.69 Å². The van der Waals surface area contributed by atoms with Crippen LogP contribution < -0.4 is 11.2 Å². The van der Waals surface area contributed by atoms with Gasteiger partial charge in [0.1, 0.15) is 0 Å². The lowest BCUT2D eigenvalue weighted by Crippen LogP contribution is -2.37. The number of pyridine rings is 1. The summed E-state index contributed by atoms with van der Waals surface area (Å²) in [6.07, 6.45) is 1.63. The highest BCUT2D eigenvalue weighted by Crippen LogP contribution is 2.14. The Morgan fingerprint density at radius 2 is 1.83 bits per heavy atom. The molecule has 0 aliphatic carbocycles. The first kappa shape index (κ1) is 15.3. The van der Waals surface area contributed by atoms with Crippen LogP contribution in [-0.4, -0.2) is 27.9 Å². The van der Waals surface area contributed by atoms with Gasteiger partial charge in [-0.3, -0.25) is 23.1 Å². The number of aromatic nitrogens is 5. The van der Waals surface area contributed by atoms with Crippen molar-refractivity contribution in [3.63, 3.8) is 0 Å². The van der Waals surface area contributed by atoms with Crippen molar-refractivity contribution in [1.82, 2.24) is 23.7 Å². The molecule has 3 aromatic heterocycles. The molecule has 0 aliphatic rings. The lowest BCUT2D eigenvalue weighted by Gasteiger charge is -2.03. The van der Waals surface area contributed by atoms with E-state index in [1.54, 1.807) is 25.4 Å². The fraction of sp³-hybridized carbons (Fsp3) is 0.286. The number of imidazole rings is 1. The summed E-state index contributed by atoms with van der Waals surface area (Å²) < 4.78 is 16.4. The summed E-state index contributed by atoms with van der Waals surface area (Å²) in [7, 11) is 3.07. The van der Waals surface area contributed by atoms with Gasteiger partial charge in [0, 0.05) is 27.3 Å². The predicted octanol–water partition coefficient (Wildman–Crippen LogP) is -0.327. The number of nitrogens with zero attached hydrogens (tertiary/aromatic N) is 5. The van der Waals surface area contributed by atoms with E-state index in [0.29, 0.717) is 5.69 Å². The van der Waals surface area contributed by atoms with Crippen LogP contribution in [-0.2, 0) is 37.7 Å². The molecular formula is C14H15N5O3S. The van der Waals surface area contributed by atoms with Crippen molar-refractivity contribution in [3.8, 4) is 0 Å². The minimum atomic E-state index is -1.48. The quantitative estimate of drug-likeness (QED) is 0.655. The molecule has 120 valence electrons. The molecule has 0 aromatic carbocycles. The molecule has 0 spiro atoms. The summed E-state index contributed by atoms with van der Waals surface area (Å²) in [4.78, 5) is 32.7. The maximum Gasteiger partial charge on any atom is 0.332 e. The Labute approximate surface area is 133 Å². The molecule has 3 rings (SSSR count). The standard InChI is InChI=1S/C14H15N5O3S/c1-17-10-11(18(2)14(21)19(3)12(10)20)16-13(17)23(22)8-9-6-4-5-7-15-9/h4-7H,8H2,1-3H3/t23-/m1/s1. The van der Waals surface area contributed by atoms with Gasteiger partial charge in [0.25, 0.3) is 5.56 Å². The summed E-state index contributed by atoms with van der Waals surface area (Å²) >= 11 is 0. The number of fused-ring (bicyclic) bond motifs is 1. The molecule has 0 radical (unpaired) electrons. The van der Waals surface area contributed by atoms with Crippen molar-refractivity contribution in [1.29, 1.82) is 0 Å². The predicted molar refractivity (Wildman–Crippen MR) is 85.5 cm³/mol. The molecule has 8 nitrogen and oxygen atoms in total. The molecule has 0 saturated carbocycles. The van der Waals surface area contributed by atoms with Crippen LogP contribution >= 0.6 is 0 Å². The molecule has 3 heterocycles.